The SMILES string of the molecule is Cc1ccc(Cl)cc1-c1cccc2nc(N)nn12. The summed E-state index contributed by atoms with van der Waals surface area (Å²) in [6, 6.07) is 11.5. The highest BCUT2D eigenvalue weighted by molar-refractivity contribution is 6.30. The lowest BCUT2D eigenvalue weighted by Crippen LogP contribution is -1.96. The van der Waals surface area contributed by atoms with Gasteiger partial charge in [-0.1, -0.05) is 23.7 Å². The second kappa shape index (κ2) is 3.99. The zero-order chi connectivity index (χ0) is 12.7. The minimum absolute atomic E-state index is 0.266. The Morgan fingerprint density at radius 1 is 1.22 bits per heavy atom. The van der Waals surface area contributed by atoms with Gasteiger partial charge in [0, 0.05) is 10.6 Å². The minimum Gasteiger partial charge on any atom is -0.366 e. The van der Waals surface area contributed by atoms with E-state index in [-0.39, 0.29) is 5.95 Å². The lowest BCUT2D eigenvalue weighted by atomic mass is 10.1. The molecule has 0 unspecified atom stereocenters. The lowest BCUT2D eigenvalue weighted by molar-refractivity contribution is 0.975. The number of pyridine rings is 1. The predicted molar refractivity (Wildman–Crippen MR) is 72.6 cm³/mol. The van der Waals surface area contributed by atoms with Gasteiger partial charge in [-0.15, -0.1) is 5.10 Å². The largest absolute Gasteiger partial charge is 0.366 e. The molecule has 0 bridgehead atoms. The summed E-state index contributed by atoms with van der Waals surface area (Å²) in [5, 5.41) is 4.90. The molecule has 0 saturated carbocycles. The van der Waals surface area contributed by atoms with Crippen LogP contribution in [0.25, 0.3) is 16.9 Å². The van der Waals surface area contributed by atoms with Gasteiger partial charge in [-0.05, 0) is 36.8 Å². The molecule has 2 aromatic heterocycles. The molecule has 1 aromatic carbocycles. The molecule has 2 heterocycles. The van der Waals surface area contributed by atoms with Crippen LogP contribution in [0.3, 0.4) is 0 Å². The molecule has 4 nitrogen and oxygen atoms in total. The predicted octanol–water partition coefficient (Wildman–Crippen LogP) is 2.94. The number of nitrogens with zero attached hydrogens (tertiary/aromatic N) is 3. The fraction of sp³-hybridized carbons (Fsp3) is 0.0769. The molecule has 3 rings (SSSR count). The van der Waals surface area contributed by atoms with Gasteiger partial charge in [-0.2, -0.15) is 4.98 Å². The first-order valence-corrected chi connectivity index (χ1v) is 5.91. The molecule has 0 amide bonds. The Balaban J connectivity index is 2.34. The van der Waals surface area contributed by atoms with Crippen molar-refractivity contribution in [1.29, 1.82) is 0 Å². The summed E-state index contributed by atoms with van der Waals surface area (Å²) in [5.74, 6) is 0.266. The zero-order valence-corrected chi connectivity index (χ0v) is 10.5. The second-order valence-electron chi connectivity index (χ2n) is 4.11. The fourth-order valence-corrected chi connectivity index (χ4v) is 2.17. The number of nitrogen functional groups attached to an aromatic ring is 1. The van der Waals surface area contributed by atoms with E-state index in [9.17, 15) is 0 Å². The first-order chi connectivity index (χ1) is 8.65. The van der Waals surface area contributed by atoms with Crippen molar-refractivity contribution >= 4 is 23.2 Å². The van der Waals surface area contributed by atoms with Crippen molar-refractivity contribution in [3.8, 4) is 11.3 Å². The van der Waals surface area contributed by atoms with Crippen molar-refractivity contribution < 1.29 is 0 Å². The van der Waals surface area contributed by atoms with Crippen molar-refractivity contribution in [3.63, 3.8) is 0 Å². The summed E-state index contributed by atoms with van der Waals surface area (Å²) in [7, 11) is 0. The maximum absolute atomic E-state index is 6.05. The molecule has 0 fully saturated rings. The quantitative estimate of drug-likeness (QED) is 0.730. The van der Waals surface area contributed by atoms with E-state index in [0.29, 0.717) is 5.02 Å². The molecule has 2 N–H and O–H groups in total. The summed E-state index contributed by atoms with van der Waals surface area (Å²) in [5.41, 5.74) is 9.44. The third kappa shape index (κ3) is 1.71. The van der Waals surface area contributed by atoms with Crippen LogP contribution in [-0.4, -0.2) is 14.6 Å². The average Bonchev–Trinajstić information content (AvgIpc) is 2.72. The summed E-state index contributed by atoms with van der Waals surface area (Å²) < 4.78 is 1.73. The third-order valence-corrected chi connectivity index (χ3v) is 3.09. The van der Waals surface area contributed by atoms with E-state index in [1.165, 1.54) is 0 Å². The minimum atomic E-state index is 0.266. The van der Waals surface area contributed by atoms with Crippen LogP contribution in [-0.2, 0) is 0 Å². The summed E-state index contributed by atoms with van der Waals surface area (Å²) in [4.78, 5) is 4.15. The average molecular weight is 259 g/mol. The third-order valence-electron chi connectivity index (χ3n) is 2.85. The van der Waals surface area contributed by atoms with E-state index in [4.69, 9.17) is 17.3 Å². The number of aryl methyl sites for hydroxylation is 1. The first-order valence-electron chi connectivity index (χ1n) is 5.53. The Kier molecular flexibility index (Phi) is 2.45. The normalized spacial score (nSPS) is 11.0. The maximum atomic E-state index is 6.05. The van der Waals surface area contributed by atoms with Gasteiger partial charge in [0.15, 0.2) is 5.65 Å². The van der Waals surface area contributed by atoms with E-state index in [1.807, 2.05) is 43.3 Å². The number of anilines is 1. The number of nitrogens with two attached hydrogens (primary N) is 1. The number of fused-ring (bicyclic) bond motifs is 1. The van der Waals surface area contributed by atoms with E-state index >= 15 is 0 Å². The summed E-state index contributed by atoms with van der Waals surface area (Å²) in [6.07, 6.45) is 0. The Morgan fingerprint density at radius 2 is 2.06 bits per heavy atom. The van der Waals surface area contributed by atoms with Gasteiger partial charge in [-0.25, -0.2) is 4.52 Å². The fourth-order valence-electron chi connectivity index (χ4n) is 2.00. The van der Waals surface area contributed by atoms with Crippen LogP contribution >= 0.6 is 11.6 Å². The molecule has 0 aliphatic rings. The van der Waals surface area contributed by atoms with Crippen molar-refractivity contribution in [2.75, 3.05) is 5.73 Å². The van der Waals surface area contributed by atoms with Crippen LogP contribution in [0.4, 0.5) is 5.95 Å². The molecule has 0 radical (unpaired) electrons. The summed E-state index contributed by atoms with van der Waals surface area (Å²) >= 11 is 6.05. The van der Waals surface area contributed by atoms with Crippen LogP contribution in [0.1, 0.15) is 5.56 Å². The molecule has 18 heavy (non-hydrogen) atoms. The Labute approximate surface area is 109 Å². The van der Waals surface area contributed by atoms with Crippen LogP contribution < -0.4 is 5.73 Å². The van der Waals surface area contributed by atoms with Gasteiger partial charge >= 0.3 is 0 Å². The molecule has 0 aliphatic heterocycles. The Hall–Kier alpha value is -2.07. The smallest absolute Gasteiger partial charge is 0.240 e. The van der Waals surface area contributed by atoms with E-state index in [0.717, 1.165) is 22.5 Å². The van der Waals surface area contributed by atoms with Gasteiger partial charge < -0.3 is 5.73 Å². The monoisotopic (exact) mass is 258 g/mol. The number of hydrogen-bond acceptors (Lipinski definition) is 3. The standard InChI is InChI=1S/C13H11ClN4/c1-8-5-6-9(14)7-10(8)11-3-2-4-12-16-13(15)17-18(11)12/h2-7H,1H3,(H2,15,17). The van der Waals surface area contributed by atoms with Crippen molar-refractivity contribution in [2.45, 2.75) is 6.92 Å². The van der Waals surface area contributed by atoms with E-state index < -0.39 is 0 Å². The van der Waals surface area contributed by atoms with Gasteiger partial charge in [0.2, 0.25) is 5.95 Å². The molecule has 5 heteroatoms. The van der Waals surface area contributed by atoms with Crippen molar-refractivity contribution in [1.82, 2.24) is 14.6 Å². The van der Waals surface area contributed by atoms with E-state index in [1.54, 1.807) is 4.52 Å². The molecule has 0 spiro atoms. The van der Waals surface area contributed by atoms with Gasteiger partial charge in [-0.3, -0.25) is 0 Å². The zero-order valence-electron chi connectivity index (χ0n) is 9.76. The highest BCUT2D eigenvalue weighted by Crippen LogP contribution is 2.26. The molecule has 0 atom stereocenters. The molecule has 0 saturated heterocycles. The van der Waals surface area contributed by atoms with Crippen LogP contribution in [0.2, 0.25) is 5.02 Å². The maximum Gasteiger partial charge on any atom is 0.240 e. The van der Waals surface area contributed by atoms with Crippen LogP contribution in [0.15, 0.2) is 36.4 Å². The van der Waals surface area contributed by atoms with Gasteiger partial charge in [0.05, 0.1) is 5.69 Å². The molecule has 0 aliphatic carbocycles. The number of benzene rings is 1. The molecular formula is C13H11ClN4. The van der Waals surface area contributed by atoms with E-state index in [2.05, 4.69) is 10.1 Å². The Bertz CT molecular complexity index is 733. The topological polar surface area (TPSA) is 56.2 Å². The number of halogens is 1. The highest BCUT2D eigenvalue weighted by Gasteiger charge is 2.09. The first kappa shape index (κ1) is 11.0. The van der Waals surface area contributed by atoms with Crippen LogP contribution in [0, 0.1) is 6.92 Å². The van der Waals surface area contributed by atoms with Crippen molar-refractivity contribution in [3.05, 3.63) is 47.0 Å². The van der Waals surface area contributed by atoms with Crippen LogP contribution in [0.5, 0.6) is 0 Å². The molecular weight excluding hydrogens is 248 g/mol. The van der Waals surface area contributed by atoms with Crippen molar-refractivity contribution in [2.24, 2.45) is 0 Å². The Morgan fingerprint density at radius 3 is 2.89 bits per heavy atom. The van der Waals surface area contributed by atoms with Gasteiger partial charge in [0.1, 0.15) is 0 Å². The van der Waals surface area contributed by atoms with Gasteiger partial charge in [0.25, 0.3) is 0 Å². The number of rotatable bonds is 1. The molecule has 3 aromatic rings. The number of aromatic nitrogens is 3. The number of hydrogen-bond donors (Lipinski definition) is 1. The lowest BCUT2D eigenvalue weighted by Gasteiger charge is -2.08. The highest BCUT2D eigenvalue weighted by atomic mass is 35.5. The molecule has 90 valence electrons. The second-order valence-corrected chi connectivity index (χ2v) is 4.55. The summed E-state index contributed by atoms with van der Waals surface area (Å²) in [6.45, 7) is 2.03.